The predicted molar refractivity (Wildman–Crippen MR) is 111 cm³/mol. The number of hydrogen-bond donors (Lipinski definition) is 3. The second-order valence-electron chi connectivity index (χ2n) is 5.73. The summed E-state index contributed by atoms with van der Waals surface area (Å²) >= 11 is 1.97. The lowest BCUT2D eigenvalue weighted by atomic mass is 9.95. The quantitative estimate of drug-likeness (QED) is 0.364. The molecule has 0 heterocycles. The van der Waals surface area contributed by atoms with E-state index < -0.39 is 0 Å². The zero-order valence-corrected chi connectivity index (χ0v) is 17.1. The molecule has 0 spiro atoms. The lowest BCUT2D eigenvalue weighted by Crippen LogP contribution is -2.45. The van der Waals surface area contributed by atoms with E-state index in [1.807, 2.05) is 23.9 Å². The van der Waals surface area contributed by atoms with E-state index in [0.29, 0.717) is 18.3 Å². The first kappa shape index (κ1) is 20.4. The molecule has 2 rings (SSSR count). The van der Waals surface area contributed by atoms with Gasteiger partial charge in [-0.15, -0.1) is 24.0 Å². The Morgan fingerprint density at radius 2 is 2.22 bits per heavy atom. The van der Waals surface area contributed by atoms with Crippen molar-refractivity contribution >= 4 is 41.7 Å². The highest BCUT2D eigenvalue weighted by atomic mass is 127. The molecule has 1 aromatic carbocycles. The molecule has 0 saturated heterocycles. The highest BCUT2D eigenvalue weighted by Crippen LogP contribution is 2.26. The van der Waals surface area contributed by atoms with Gasteiger partial charge in [-0.25, -0.2) is 4.99 Å². The summed E-state index contributed by atoms with van der Waals surface area (Å²) in [7, 11) is 0. The van der Waals surface area contributed by atoms with Gasteiger partial charge < -0.3 is 15.7 Å². The van der Waals surface area contributed by atoms with Gasteiger partial charge in [-0.2, -0.15) is 11.8 Å². The number of aromatic hydroxyl groups is 1. The lowest BCUT2D eigenvalue weighted by molar-refractivity contribution is 0.419. The monoisotopic (exact) mass is 449 g/mol. The van der Waals surface area contributed by atoms with Gasteiger partial charge in [0.25, 0.3) is 0 Å². The van der Waals surface area contributed by atoms with Crippen LogP contribution in [0.2, 0.25) is 0 Å². The third kappa shape index (κ3) is 7.20. The molecule has 0 aliphatic heterocycles. The Morgan fingerprint density at radius 3 is 2.91 bits per heavy atom. The number of phenolic OH excluding ortho intramolecular Hbond substituents is 1. The van der Waals surface area contributed by atoms with Gasteiger partial charge in [0, 0.05) is 17.8 Å². The Bertz CT molecular complexity index is 498. The maximum absolute atomic E-state index is 9.52. The summed E-state index contributed by atoms with van der Waals surface area (Å²) in [5.41, 5.74) is 1.02. The summed E-state index contributed by atoms with van der Waals surface area (Å²) in [6, 6.07) is 7.79. The fraction of sp³-hybridized carbons (Fsp3) is 0.588. The van der Waals surface area contributed by atoms with Gasteiger partial charge in [0.15, 0.2) is 5.96 Å². The Balaban J connectivity index is 0.00000264. The molecule has 2 atom stereocenters. The molecule has 0 radical (unpaired) electrons. The number of benzene rings is 1. The number of thioether (sulfide) groups is 1. The number of halogens is 1. The first-order valence-corrected chi connectivity index (χ1v) is 9.35. The summed E-state index contributed by atoms with van der Waals surface area (Å²) < 4.78 is 0. The van der Waals surface area contributed by atoms with E-state index in [1.54, 1.807) is 12.1 Å². The maximum Gasteiger partial charge on any atom is 0.191 e. The zero-order chi connectivity index (χ0) is 15.8. The van der Waals surface area contributed by atoms with Crippen molar-refractivity contribution in [3.63, 3.8) is 0 Å². The number of guanidine groups is 1. The number of aliphatic imine (C=N–C) groups is 1. The van der Waals surface area contributed by atoms with Crippen molar-refractivity contribution in [3.8, 4) is 5.75 Å². The molecule has 1 aliphatic carbocycles. The topological polar surface area (TPSA) is 56.7 Å². The van der Waals surface area contributed by atoms with Gasteiger partial charge in [-0.3, -0.25) is 0 Å². The van der Waals surface area contributed by atoms with Crippen LogP contribution in [-0.4, -0.2) is 35.2 Å². The van der Waals surface area contributed by atoms with Crippen LogP contribution in [0.4, 0.5) is 0 Å². The largest absolute Gasteiger partial charge is 0.508 e. The molecule has 3 N–H and O–H groups in total. The molecule has 1 saturated carbocycles. The Kier molecular flexibility index (Phi) is 9.78. The van der Waals surface area contributed by atoms with Crippen LogP contribution < -0.4 is 10.6 Å². The normalized spacial score (nSPS) is 21.4. The third-order valence-electron chi connectivity index (χ3n) is 3.97. The van der Waals surface area contributed by atoms with E-state index in [4.69, 9.17) is 0 Å². The fourth-order valence-electron chi connectivity index (χ4n) is 2.83. The van der Waals surface area contributed by atoms with Crippen LogP contribution in [0, 0.1) is 0 Å². The maximum atomic E-state index is 9.52. The summed E-state index contributed by atoms with van der Waals surface area (Å²) in [6.45, 7) is 3.50. The molecular weight excluding hydrogens is 421 g/mol. The molecule has 1 aliphatic rings. The standard InChI is InChI=1S/C17H27N3OS.HI/c1-3-18-17(19-12-13-6-4-8-15(21)10-13)20-14-7-5-9-16(11-14)22-2;/h4,6,8,10,14,16,21H,3,5,7,9,11-12H2,1-2H3,(H2,18,19,20);1H. The highest BCUT2D eigenvalue weighted by Gasteiger charge is 2.21. The van der Waals surface area contributed by atoms with E-state index in [-0.39, 0.29) is 24.0 Å². The smallest absolute Gasteiger partial charge is 0.191 e. The van der Waals surface area contributed by atoms with Crippen LogP contribution in [0.25, 0.3) is 0 Å². The minimum Gasteiger partial charge on any atom is -0.508 e. The van der Waals surface area contributed by atoms with Crippen LogP contribution in [0.3, 0.4) is 0 Å². The van der Waals surface area contributed by atoms with Crippen molar-refractivity contribution in [2.45, 2.75) is 50.4 Å². The molecule has 130 valence electrons. The van der Waals surface area contributed by atoms with Crippen LogP contribution in [0.5, 0.6) is 5.75 Å². The molecule has 0 aromatic heterocycles. The van der Waals surface area contributed by atoms with Crippen LogP contribution in [-0.2, 0) is 6.54 Å². The molecule has 0 amide bonds. The van der Waals surface area contributed by atoms with E-state index in [9.17, 15) is 5.11 Å². The number of hydrogen-bond acceptors (Lipinski definition) is 3. The molecule has 6 heteroatoms. The number of rotatable bonds is 5. The average Bonchev–Trinajstić information content (AvgIpc) is 2.53. The summed E-state index contributed by atoms with van der Waals surface area (Å²) in [5.74, 6) is 1.17. The second kappa shape index (κ2) is 11.0. The van der Waals surface area contributed by atoms with Gasteiger partial charge in [0.1, 0.15) is 5.75 Å². The number of phenols is 1. The summed E-state index contributed by atoms with van der Waals surface area (Å²) in [4.78, 5) is 4.65. The van der Waals surface area contributed by atoms with Crippen LogP contribution in [0.15, 0.2) is 29.3 Å². The van der Waals surface area contributed by atoms with E-state index >= 15 is 0 Å². The SMILES string of the molecule is CCNC(=NCc1cccc(O)c1)NC1CCCC(SC)C1.I. The van der Waals surface area contributed by atoms with Crippen molar-refractivity contribution in [1.82, 2.24) is 10.6 Å². The van der Waals surface area contributed by atoms with Crippen molar-refractivity contribution in [3.05, 3.63) is 29.8 Å². The Labute approximate surface area is 160 Å². The van der Waals surface area contributed by atoms with E-state index in [0.717, 1.165) is 23.3 Å². The molecule has 1 fully saturated rings. The number of nitrogens with zero attached hydrogens (tertiary/aromatic N) is 1. The van der Waals surface area contributed by atoms with Crippen molar-refractivity contribution < 1.29 is 5.11 Å². The van der Waals surface area contributed by atoms with E-state index in [2.05, 4.69) is 28.8 Å². The lowest BCUT2D eigenvalue weighted by Gasteiger charge is -2.29. The van der Waals surface area contributed by atoms with Crippen LogP contribution >= 0.6 is 35.7 Å². The summed E-state index contributed by atoms with van der Waals surface area (Å²) in [6.07, 6.45) is 7.24. The molecular formula is C17H28IN3OS. The molecule has 4 nitrogen and oxygen atoms in total. The first-order valence-electron chi connectivity index (χ1n) is 8.06. The van der Waals surface area contributed by atoms with Crippen molar-refractivity contribution in [2.24, 2.45) is 4.99 Å². The second-order valence-corrected chi connectivity index (χ2v) is 6.87. The minimum atomic E-state index is 0. The minimum absolute atomic E-state index is 0. The highest BCUT2D eigenvalue weighted by molar-refractivity contribution is 14.0. The van der Waals surface area contributed by atoms with Gasteiger partial charge in [-0.1, -0.05) is 18.6 Å². The predicted octanol–water partition coefficient (Wildman–Crippen LogP) is 3.74. The van der Waals surface area contributed by atoms with Gasteiger partial charge in [0.05, 0.1) is 6.54 Å². The van der Waals surface area contributed by atoms with Gasteiger partial charge >= 0.3 is 0 Å². The fourth-order valence-corrected chi connectivity index (χ4v) is 3.66. The van der Waals surface area contributed by atoms with Gasteiger partial charge in [0.2, 0.25) is 0 Å². The Morgan fingerprint density at radius 1 is 1.39 bits per heavy atom. The van der Waals surface area contributed by atoms with Crippen molar-refractivity contribution in [2.75, 3.05) is 12.8 Å². The molecule has 23 heavy (non-hydrogen) atoms. The van der Waals surface area contributed by atoms with Gasteiger partial charge in [-0.05, 0) is 50.1 Å². The Hall–Kier alpha value is -0.630. The molecule has 2 unspecified atom stereocenters. The third-order valence-corrected chi connectivity index (χ3v) is 5.07. The number of nitrogens with one attached hydrogen (secondary N) is 2. The average molecular weight is 449 g/mol. The van der Waals surface area contributed by atoms with Crippen LogP contribution in [0.1, 0.15) is 38.2 Å². The molecule has 0 bridgehead atoms. The van der Waals surface area contributed by atoms with Crippen molar-refractivity contribution in [1.29, 1.82) is 0 Å². The molecule has 1 aromatic rings. The summed E-state index contributed by atoms with van der Waals surface area (Å²) in [5, 5.41) is 17.2. The first-order chi connectivity index (χ1) is 10.7. The van der Waals surface area contributed by atoms with E-state index in [1.165, 1.54) is 25.7 Å². The zero-order valence-electron chi connectivity index (χ0n) is 13.9.